The molecule has 3 unspecified atom stereocenters. The van der Waals surface area contributed by atoms with Gasteiger partial charge in [-0.25, -0.2) is 0 Å². The molecule has 0 radical (unpaired) electrons. The molecule has 0 aromatic heterocycles. The molecular formula is C82H153N2O6P. The van der Waals surface area contributed by atoms with Crippen LogP contribution in [0.5, 0.6) is 0 Å². The Morgan fingerprint density at radius 3 is 0.978 bits per heavy atom. The van der Waals surface area contributed by atoms with Crippen LogP contribution in [0.25, 0.3) is 0 Å². The van der Waals surface area contributed by atoms with Gasteiger partial charge in [-0.2, -0.15) is 0 Å². The molecule has 91 heavy (non-hydrogen) atoms. The van der Waals surface area contributed by atoms with Crippen LogP contribution in [0.15, 0.2) is 85.1 Å². The van der Waals surface area contributed by atoms with Crippen molar-refractivity contribution in [3.8, 4) is 0 Å². The molecule has 3 atom stereocenters. The molecule has 0 spiro atoms. The molecule has 2 N–H and O–H groups in total. The summed E-state index contributed by atoms with van der Waals surface area (Å²) in [6.07, 6.45) is 103. The Kier molecular flexibility index (Phi) is 70.1. The number of aliphatic hydroxyl groups is 1. The fourth-order valence-electron chi connectivity index (χ4n) is 11.9. The SMILES string of the molecule is CC/C=C\C/C=C\C/C=C\C/C=C\C/C=C\C/C=C\C/C=C\CCCCCCCCCCCCCCCCCCCCCC(=O)NC(COP(=O)([O-])OCC[N+](C)(C)C)C(O)CCCCCCCCCCCCCCCCCCCCCCCCCCCCCC. The predicted molar refractivity (Wildman–Crippen MR) is 399 cm³/mol. The first-order valence-electron chi connectivity index (χ1n) is 39.4. The van der Waals surface area contributed by atoms with E-state index in [2.05, 4.69) is 104 Å². The lowest BCUT2D eigenvalue weighted by atomic mass is 10.0. The molecule has 0 aromatic carbocycles. The first-order chi connectivity index (χ1) is 44.5. The average molecular weight is 1290 g/mol. The lowest BCUT2D eigenvalue weighted by Gasteiger charge is -2.30. The minimum absolute atomic E-state index is 0.0123. The van der Waals surface area contributed by atoms with E-state index in [1.165, 1.54) is 270 Å². The zero-order valence-electron chi connectivity index (χ0n) is 61.0. The monoisotopic (exact) mass is 1290 g/mol. The van der Waals surface area contributed by atoms with Gasteiger partial charge in [-0.05, 0) is 70.6 Å². The second kappa shape index (κ2) is 72.0. The summed E-state index contributed by atoms with van der Waals surface area (Å²) >= 11 is 0. The number of aliphatic hydroxyl groups excluding tert-OH is 1. The minimum atomic E-state index is -4.59. The van der Waals surface area contributed by atoms with E-state index in [1.807, 2.05) is 21.1 Å². The fraction of sp³-hybridized carbons (Fsp3) is 0.817. The molecule has 1 amide bonds. The van der Waals surface area contributed by atoms with Crippen LogP contribution >= 0.6 is 7.82 Å². The Hall–Kier alpha value is -2.32. The summed E-state index contributed by atoms with van der Waals surface area (Å²) in [7, 11) is 1.32. The summed E-state index contributed by atoms with van der Waals surface area (Å²) < 4.78 is 23.6. The van der Waals surface area contributed by atoms with E-state index in [9.17, 15) is 19.4 Å². The maximum Gasteiger partial charge on any atom is 0.268 e. The Balaban J connectivity index is 3.94. The largest absolute Gasteiger partial charge is 0.756 e. The Labute approximate surface area is 567 Å². The van der Waals surface area contributed by atoms with E-state index in [0.29, 0.717) is 23.9 Å². The second-order valence-electron chi connectivity index (χ2n) is 28.0. The van der Waals surface area contributed by atoms with Gasteiger partial charge in [-0.3, -0.25) is 9.36 Å². The topological polar surface area (TPSA) is 108 Å². The molecule has 0 bridgehead atoms. The van der Waals surface area contributed by atoms with Gasteiger partial charge < -0.3 is 28.8 Å². The zero-order valence-corrected chi connectivity index (χ0v) is 61.9. The number of carbonyl (C=O) groups excluding carboxylic acids is 1. The molecule has 0 aromatic rings. The van der Waals surface area contributed by atoms with Crippen LogP contribution in [0.3, 0.4) is 0 Å². The van der Waals surface area contributed by atoms with Gasteiger partial charge in [0.15, 0.2) is 0 Å². The average Bonchev–Trinajstić information content (AvgIpc) is 3.59. The van der Waals surface area contributed by atoms with Crippen LogP contribution in [-0.2, 0) is 18.4 Å². The van der Waals surface area contributed by atoms with Crippen LogP contribution in [0.1, 0.15) is 380 Å². The quantitative estimate of drug-likeness (QED) is 0.0272. The number of hydrogen-bond donors (Lipinski definition) is 2. The molecule has 0 rings (SSSR count). The molecule has 0 fully saturated rings. The van der Waals surface area contributed by atoms with E-state index in [-0.39, 0.29) is 19.1 Å². The number of nitrogens with zero attached hydrogens (tertiary/aromatic N) is 1. The number of rotatable bonds is 73. The highest BCUT2D eigenvalue weighted by Crippen LogP contribution is 2.38. The summed E-state index contributed by atoms with van der Waals surface area (Å²) in [5, 5.41) is 14.1. The molecule has 0 aliphatic carbocycles. The van der Waals surface area contributed by atoms with Crippen molar-refractivity contribution in [3.63, 3.8) is 0 Å². The third-order valence-electron chi connectivity index (χ3n) is 17.9. The molecular weight excluding hydrogens is 1140 g/mol. The Morgan fingerprint density at radius 1 is 0.396 bits per heavy atom. The third kappa shape index (κ3) is 74.9. The van der Waals surface area contributed by atoms with Crippen LogP contribution in [0.2, 0.25) is 0 Å². The normalized spacial score (nSPS) is 14.0. The first-order valence-corrected chi connectivity index (χ1v) is 40.9. The number of phosphoric acid groups is 1. The molecule has 8 nitrogen and oxygen atoms in total. The summed E-state index contributed by atoms with van der Waals surface area (Å²) in [4.78, 5) is 25.7. The van der Waals surface area contributed by atoms with Gasteiger partial charge in [-0.15, -0.1) is 0 Å². The number of unbranched alkanes of at least 4 members (excludes halogenated alkanes) is 46. The third-order valence-corrected chi connectivity index (χ3v) is 18.9. The number of hydrogen-bond acceptors (Lipinski definition) is 6. The molecule has 9 heteroatoms. The number of phosphoric ester groups is 1. The van der Waals surface area contributed by atoms with E-state index >= 15 is 0 Å². The fourth-order valence-corrected chi connectivity index (χ4v) is 12.6. The Morgan fingerprint density at radius 2 is 0.670 bits per heavy atom. The van der Waals surface area contributed by atoms with Crippen molar-refractivity contribution < 1.29 is 32.9 Å². The molecule has 0 aliphatic rings. The van der Waals surface area contributed by atoms with Gasteiger partial charge in [0.05, 0.1) is 39.9 Å². The van der Waals surface area contributed by atoms with Gasteiger partial charge in [0, 0.05) is 6.42 Å². The highest BCUT2D eigenvalue weighted by Gasteiger charge is 2.24. The Bertz CT molecular complexity index is 1760. The van der Waals surface area contributed by atoms with Crippen molar-refractivity contribution in [2.45, 2.75) is 392 Å². The zero-order chi connectivity index (χ0) is 66.2. The van der Waals surface area contributed by atoms with Crippen molar-refractivity contribution in [2.75, 3.05) is 40.9 Å². The lowest BCUT2D eigenvalue weighted by Crippen LogP contribution is -2.46. The summed E-state index contributed by atoms with van der Waals surface area (Å²) in [6, 6.07) is -0.804. The number of carbonyl (C=O) groups is 1. The van der Waals surface area contributed by atoms with Crippen molar-refractivity contribution in [1.29, 1.82) is 0 Å². The van der Waals surface area contributed by atoms with E-state index < -0.39 is 20.0 Å². The minimum Gasteiger partial charge on any atom is -0.756 e. The van der Waals surface area contributed by atoms with E-state index in [1.54, 1.807) is 0 Å². The number of quaternary nitrogens is 1. The molecule has 532 valence electrons. The molecule has 0 saturated carbocycles. The number of nitrogens with one attached hydrogen (secondary N) is 1. The summed E-state index contributed by atoms with van der Waals surface area (Å²) in [5.41, 5.74) is 0. The second-order valence-corrected chi connectivity index (χ2v) is 29.5. The highest BCUT2D eigenvalue weighted by atomic mass is 31.2. The summed E-state index contributed by atoms with van der Waals surface area (Å²) in [6.45, 7) is 4.66. The smallest absolute Gasteiger partial charge is 0.268 e. The first kappa shape index (κ1) is 88.7. The number of amides is 1. The van der Waals surface area contributed by atoms with Crippen molar-refractivity contribution in [3.05, 3.63) is 85.1 Å². The standard InChI is InChI=1S/C82H153N2O6P/c1-6-8-10-12-14-16-18-20-22-24-26-28-30-32-34-36-37-38-39-40-41-42-43-44-45-46-47-48-50-52-54-56-58-60-62-64-66-68-70-72-74-76-82(86)83-80(79-90-91(87,88)89-78-77-84(3,4)5)81(85)75-73-71-69-67-65-63-61-59-57-55-53-51-49-35-33-31-29-27-25-23-21-19-17-15-13-11-9-7-2/h8,10,14,16,20,22,26,28,32,34,37-38,40-41,80-81,85H,6-7,9,11-13,15,17-19,21,23-25,27,29-31,33,35-36,39,42-79H2,1-5H3,(H-,83,86,87,88)/b10-8-,16-14-,22-20-,28-26-,34-32-,38-37-,41-40-. The number of allylic oxidation sites excluding steroid dienone is 14. The van der Waals surface area contributed by atoms with Gasteiger partial charge in [0.2, 0.25) is 5.91 Å². The molecule has 0 aliphatic heterocycles. The predicted octanol–water partition coefficient (Wildman–Crippen LogP) is 25.2. The van der Waals surface area contributed by atoms with Gasteiger partial charge in [0.25, 0.3) is 7.82 Å². The van der Waals surface area contributed by atoms with E-state index in [4.69, 9.17) is 9.05 Å². The van der Waals surface area contributed by atoms with Crippen molar-refractivity contribution in [2.24, 2.45) is 0 Å². The molecule has 0 heterocycles. The van der Waals surface area contributed by atoms with Crippen molar-refractivity contribution >= 4 is 13.7 Å². The highest BCUT2D eigenvalue weighted by molar-refractivity contribution is 7.45. The van der Waals surface area contributed by atoms with Crippen molar-refractivity contribution in [1.82, 2.24) is 5.32 Å². The summed E-state index contributed by atoms with van der Waals surface area (Å²) in [5.74, 6) is -0.159. The number of likely N-dealkylation sites (N-methyl/N-ethyl adjacent to an activating group) is 1. The van der Waals surface area contributed by atoms with Crippen LogP contribution in [-0.4, -0.2) is 68.5 Å². The van der Waals surface area contributed by atoms with Gasteiger partial charge in [0.1, 0.15) is 13.2 Å². The maximum atomic E-state index is 13.1. The van der Waals surface area contributed by atoms with E-state index in [0.717, 1.165) is 83.5 Å². The molecule has 0 saturated heterocycles. The van der Waals surface area contributed by atoms with Crippen LogP contribution in [0, 0.1) is 0 Å². The van der Waals surface area contributed by atoms with Crippen LogP contribution in [0.4, 0.5) is 0 Å². The lowest BCUT2D eigenvalue weighted by molar-refractivity contribution is -0.870. The van der Waals surface area contributed by atoms with Gasteiger partial charge in [-0.1, -0.05) is 388 Å². The maximum absolute atomic E-state index is 13.1. The van der Waals surface area contributed by atoms with Crippen LogP contribution < -0.4 is 10.2 Å². The van der Waals surface area contributed by atoms with Gasteiger partial charge >= 0.3 is 0 Å².